The molecule has 3 rings (SSSR count). The van der Waals surface area contributed by atoms with Gasteiger partial charge in [0.05, 0.1) is 17.0 Å². The van der Waals surface area contributed by atoms with Gasteiger partial charge in [-0.2, -0.15) is 4.98 Å². The Labute approximate surface area is 119 Å². The second-order valence-electron chi connectivity index (χ2n) is 4.57. The molecule has 0 aliphatic carbocycles. The lowest BCUT2D eigenvalue weighted by atomic mass is 10.1. The maximum atomic E-state index is 10.7. The highest BCUT2D eigenvalue weighted by Crippen LogP contribution is 2.25. The zero-order valence-electron chi connectivity index (χ0n) is 11.2. The maximum Gasteiger partial charge on any atom is 0.296 e. The number of oxazole rings is 1. The summed E-state index contributed by atoms with van der Waals surface area (Å²) in [6.45, 7) is 1.96. The van der Waals surface area contributed by atoms with E-state index in [2.05, 4.69) is 15.3 Å². The van der Waals surface area contributed by atoms with Gasteiger partial charge in [0, 0.05) is 18.5 Å². The van der Waals surface area contributed by atoms with Crippen LogP contribution >= 0.6 is 0 Å². The lowest BCUT2D eigenvalue weighted by molar-refractivity contribution is -0.384. The molecule has 0 fully saturated rings. The highest BCUT2D eigenvalue weighted by Gasteiger charge is 2.13. The number of hydrogen-bond donors (Lipinski definition) is 1. The van der Waals surface area contributed by atoms with Gasteiger partial charge in [0.15, 0.2) is 5.58 Å². The third-order valence-corrected chi connectivity index (χ3v) is 3.13. The van der Waals surface area contributed by atoms with Gasteiger partial charge in [-0.3, -0.25) is 15.1 Å². The summed E-state index contributed by atoms with van der Waals surface area (Å²) in [5.41, 5.74) is 1.98. The number of hydrogen-bond acceptors (Lipinski definition) is 6. The highest BCUT2D eigenvalue weighted by atomic mass is 16.6. The molecule has 2 heterocycles. The average Bonchev–Trinajstić information content (AvgIpc) is 2.89. The molecule has 0 bridgehead atoms. The number of nitro benzene ring substituents is 1. The normalized spacial score (nSPS) is 12.2. The van der Waals surface area contributed by atoms with E-state index in [4.69, 9.17) is 4.42 Å². The van der Waals surface area contributed by atoms with Crippen molar-refractivity contribution in [2.45, 2.75) is 13.0 Å². The van der Waals surface area contributed by atoms with Crippen LogP contribution in [0.3, 0.4) is 0 Å². The molecule has 1 atom stereocenters. The van der Waals surface area contributed by atoms with Gasteiger partial charge in [0.1, 0.15) is 5.52 Å². The van der Waals surface area contributed by atoms with Crippen molar-refractivity contribution in [2.75, 3.05) is 5.32 Å². The number of nitrogens with zero attached hydrogens (tertiary/aromatic N) is 3. The molecule has 1 unspecified atom stereocenters. The van der Waals surface area contributed by atoms with Crippen LogP contribution in [0.25, 0.3) is 11.1 Å². The van der Waals surface area contributed by atoms with Crippen molar-refractivity contribution in [3.63, 3.8) is 0 Å². The van der Waals surface area contributed by atoms with Gasteiger partial charge >= 0.3 is 0 Å². The highest BCUT2D eigenvalue weighted by molar-refractivity contribution is 5.77. The standard InChI is InChI=1S/C14H12N4O3/c1-9(10-4-6-15-7-5-10)16-14-17-12-3-2-11(18(19)20)8-13(12)21-14/h2-9H,1H3,(H,16,17). The third kappa shape index (κ3) is 2.66. The lowest BCUT2D eigenvalue weighted by Gasteiger charge is -2.11. The van der Waals surface area contributed by atoms with E-state index in [1.165, 1.54) is 12.1 Å². The van der Waals surface area contributed by atoms with Gasteiger partial charge in [0.25, 0.3) is 11.7 Å². The summed E-state index contributed by atoms with van der Waals surface area (Å²) < 4.78 is 5.51. The van der Waals surface area contributed by atoms with E-state index in [1.54, 1.807) is 18.5 Å². The van der Waals surface area contributed by atoms with Crippen molar-refractivity contribution in [2.24, 2.45) is 0 Å². The van der Waals surface area contributed by atoms with E-state index >= 15 is 0 Å². The van der Waals surface area contributed by atoms with E-state index in [0.717, 1.165) is 5.56 Å². The molecule has 2 aromatic heterocycles. The van der Waals surface area contributed by atoms with Crippen LogP contribution in [-0.2, 0) is 0 Å². The van der Waals surface area contributed by atoms with Crippen molar-refractivity contribution in [1.29, 1.82) is 0 Å². The minimum atomic E-state index is -0.464. The summed E-state index contributed by atoms with van der Waals surface area (Å²) in [4.78, 5) is 18.5. The Morgan fingerprint density at radius 1 is 1.29 bits per heavy atom. The summed E-state index contributed by atoms with van der Waals surface area (Å²) in [5, 5.41) is 13.9. The van der Waals surface area contributed by atoms with Gasteiger partial charge in [-0.25, -0.2) is 0 Å². The largest absolute Gasteiger partial charge is 0.423 e. The van der Waals surface area contributed by atoms with Crippen molar-refractivity contribution < 1.29 is 9.34 Å². The average molecular weight is 284 g/mol. The third-order valence-electron chi connectivity index (χ3n) is 3.13. The summed E-state index contributed by atoms with van der Waals surface area (Å²) in [6.07, 6.45) is 3.42. The molecule has 7 nitrogen and oxygen atoms in total. The van der Waals surface area contributed by atoms with Crippen LogP contribution in [-0.4, -0.2) is 14.9 Å². The van der Waals surface area contributed by atoms with Crippen LogP contribution in [0.4, 0.5) is 11.7 Å². The Hall–Kier alpha value is -2.96. The van der Waals surface area contributed by atoms with Crippen LogP contribution in [0.15, 0.2) is 47.1 Å². The number of benzene rings is 1. The Morgan fingerprint density at radius 2 is 2.05 bits per heavy atom. The number of pyridine rings is 1. The molecule has 1 N–H and O–H groups in total. The van der Waals surface area contributed by atoms with Crippen LogP contribution in [0.2, 0.25) is 0 Å². The summed E-state index contributed by atoms with van der Waals surface area (Å²) in [7, 11) is 0. The molecule has 0 saturated heterocycles. The Kier molecular flexibility index (Phi) is 3.23. The molecule has 3 aromatic rings. The Morgan fingerprint density at radius 3 is 2.76 bits per heavy atom. The summed E-state index contributed by atoms with van der Waals surface area (Å²) in [6, 6.07) is 8.44. The minimum Gasteiger partial charge on any atom is -0.423 e. The molecule has 1 aromatic carbocycles. The van der Waals surface area contributed by atoms with Gasteiger partial charge in [-0.05, 0) is 30.7 Å². The second-order valence-corrected chi connectivity index (χ2v) is 4.57. The first-order valence-corrected chi connectivity index (χ1v) is 6.35. The molecule has 0 saturated carbocycles. The van der Waals surface area contributed by atoms with Crippen molar-refractivity contribution in [3.05, 3.63) is 58.4 Å². The number of aromatic nitrogens is 2. The van der Waals surface area contributed by atoms with Crippen LogP contribution in [0, 0.1) is 10.1 Å². The van der Waals surface area contributed by atoms with Crippen molar-refractivity contribution in [3.8, 4) is 0 Å². The molecule has 0 spiro atoms. The topological polar surface area (TPSA) is 94.1 Å². The van der Waals surface area contributed by atoms with E-state index in [0.29, 0.717) is 17.1 Å². The number of nitrogens with one attached hydrogen (secondary N) is 1. The first kappa shape index (κ1) is 13.0. The molecular formula is C14H12N4O3. The fourth-order valence-electron chi connectivity index (χ4n) is 2.01. The number of anilines is 1. The molecule has 0 radical (unpaired) electrons. The minimum absolute atomic E-state index is 0.0175. The van der Waals surface area contributed by atoms with Crippen molar-refractivity contribution in [1.82, 2.24) is 9.97 Å². The molecule has 0 aliphatic heterocycles. The van der Waals surface area contributed by atoms with E-state index in [1.807, 2.05) is 19.1 Å². The number of fused-ring (bicyclic) bond motifs is 1. The first-order chi connectivity index (χ1) is 10.1. The lowest BCUT2D eigenvalue weighted by Crippen LogP contribution is -2.06. The molecule has 0 aliphatic rings. The SMILES string of the molecule is CC(Nc1nc2ccc([N+](=O)[O-])cc2o1)c1ccncc1. The molecule has 106 valence electrons. The Bertz CT molecular complexity index is 785. The zero-order chi connectivity index (χ0) is 14.8. The van der Waals surface area contributed by atoms with E-state index < -0.39 is 4.92 Å². The molecule has 7 heteroatoms. The predicted octanol–water partition coefficient (Wildman–Crippen LogP) is 3.30. The van der Waals surface area contributed by atoms with E-state index in [9.17, 15) is 10.1 Å². The van der Waals surface area contributed by atoms with Gasteiger partial charge in [-0.1, -0.05) is 0 Å². The molecule has 21 heavy (non-hydrogen) atoms. The second kappa shape index (κ2) is 5.20. The predicted molar refractivity (Wildman–Crippen MR) is 76.9 cm³/mol. The fraction of sp³-hybridized carbons (Fsp3) is 0.143. The maximum absolute atomic E-state index is 10.7. The van der Waals surface area contributed by atoms with Gasteiger partial charge < -0.3 is 9.73 Å². The van der Waals surface area contributed by atoms with Crippen LogP contribution < -0.4 is 5.32 Å². The molecule has 0 amide bonds. The number of nitro groups is 1. The smallest absolute Gasteiger partial charge is 0.296 e. The summed E-state index contributed by atoms with van der Waals surface area (Å²) >= 11 is 0. The fourth-order valence-corrected chi connectivity index (χ4v) is 2.01. The van der Waals surface area contributed by atoms with Crippen molar-refractivity contribution >= 4 is 22.8 Å². The molecular weight excluding hydrogens is 272 g/mol. The first-order valence-electron chi connectivity index (χ1n) is 6.35. The van der Waals surface area contributed by atoms with Gasteiger partial charge in [0.2, 0.25) is 0 Å². The van der Waals surface area contributed by atoms with E-state index in [-0.39, 0.29) is 11.7 Å². The quantitative estimate of drug-likeness (QED) is 0.583. The van der Waals surface area contributed by atoms with Crippen LogP contribution in [0.1, 0.15) is 18.5 Å². The Balaban J connectivity index is 1.86. The zero-order valence-corrected chi connectivity index (χ0v) is 11.2. The van der Waals surface area contributed by atoms with Crippen LogP contribution in [0.5, 0.6) is 0 Å². The summed E-state index contributed by atoms with van der Waals surface area (Å²) in [5.74, 6) is 0. The van der Waals surface area contributed by atoms with Gasteiger partial charge in [-0.15, -0.1) is 0 Å². The number of non-ortho nitro benzene ring substituents is 1. The monoisotopic (exact) mass is 284 g/mol. The number of rotatable bonds is 4.